The van der Waals surface area contributed by atoms with Crippen molar-refractivity contribution < 1.29 is 15.3 Å². The van der Waals surface area contributed by atoms with Crippen LogP contribution in [0.1, 0.15) is 40.5 Å². The molecule has 0 aromatic carbocycles. The lowest BCUT2D eigenvalue weighted by molar-refractivity contribution is 0.0574. The molecule has 3 heteroatoms. The van der Waals surface area contributed by atoms with Crippen LogP contribution in [0.2, 0.25) is 0 Å². The van der Waals surface area contributed by atoms with Gasteiger partial charge in [0.15, 0.2) is 0 Å². The summed E-state index contributed by atoms with van der Waals surface area (Å²) < 4.78 is 0. The summed E-state index contributed by atoms with van der Waals surface area (Å²) in [6.07, 6.45) is 6.91. The zero-order valence-corrected chi connectivity index (χ0v) is 11.8. The first kappa shape index (κ1) is 17.1. The molecule has 0 bridgehead atoms. The van der Waals surface area contributed by atoms with E-state index < -0.39 is 17.3 Å². The molecule has 0 aliphatic carbocycles. The minimum atomic E-state index is -1.06. The van der Waals surface area contributed by atoms with Crippen molar-refractivity contribution in [1.82, 2.24) is 0 Å². The third kappa shape index (κ3) is 9.16. The molecule has 0 spiro atoms. The van der Waals surface area contributed by atoms with Gasteiger partial charge in [-0.05, 0) is 34.1 Å². The van der Waals surface area contributed by atoms with E-state index in [2.05, 4.69) is 6.58 Å². The van der Waals surface area contributed by atoms with Gasteiger partial charge in [-0.3, -0.25) is 0 Å². The Labute approximate surface area is 110 Å². The van der Waals surface area contributed by atoms with Crippen LogP contribution in [0.4, 0.5) is 0 Å². The highest BCUT2D eigenvalue weighted by molar-refractivity contribution is 5.10. The van der Waals surface area contributed by atoms with E-state index in [4.69, 9.17) is 0 Å². The lowest BCUT2D eigenvalue weighted by atomic mass is 9.97. The largest absolute Gasteiger partial charge is 0.389 e. The predicted molar refractivity (Wildman–Crippen MR) is 75.3 cm³/mol. The molecule has 2 unspecified atom stereocenters. The third-order valence-corrected chi connectivity index (χ3v) is 2.50. The maximum atomic E-state index is 9.79. The molecule has 0 aromatic heterocycles. The van der Waals surface area contributed by atoms with Crippen molar-refractivity contribution in [2.24, 2.45) is 0 Å². The zero-order chi connectivity index (χ0) is 14.4. The number of allylic oxidation sites excluding steroid dienone is 2. The summed E-state index contributed by atoms with van der Waals surface area (Å²) in [5.41, 5.74) is -0.882. The van der Waals surface area contributed by atoms with E-state index >= 15 is 0 Å². The molecule has 104 valence electrons. The Morgan fingerprint density at radius 2 is 1.83 bits per heavy atom. The SMILES string of the molecule is C=CC(C)(O)CC(O)C=C(C)CC=CC(C)(C)O. The van der Waals surface area contributed by atoms with Crippen molar-refractivity contribution in [3.8, 4) is 0 Å². The molecule has 18 heavy (non-hydrogen) atoms. The Morgan fingerprint density at radius 3 is 2.28 bits per heavy atom. The van der Waals surface area contributed by atoms with Crippen molar-refractivity contribution in [3.63, 3.8) is 0 Å². The van der Waals surface area contributed by atoms with Gasteiger partial charge in [-0.1, -0.05) is 29.9 Å². The molecule has 2 atom stereocenters. The molecular weight excluding hydrogens is 228 g/mol. The standard InChI is InChI=1S/C15H26O3/c1-6-15(5,18)11-13(16)10-12(2)8-7-9-14(3,4)17/h6-7,9-10,13,16-18H,1,8,11H2,2-5H3. The van der Waals surface area contributed by atoms with Crippen LogP contribution in [0.5, 0.6) is 0 Å². The Balaban J connectivity index is 4.34. The van der Waals surface area contributed by atoms with Crippen LogP contribution in [0.15, 0.2) is 36.5 Å². The molecular formula is C15H26O3. The Morgan fingerprint density at radius 1 is 1.28 bits per heavy atom. The second kappa shape index (κ2) is 6.88. The molecule has 0 radical (unpaired) electrons. The first-order valence-corrected chi connectivity index (χ1v) is 6.17. The first-order chi connectivity index (χ1) is 8.06. The lowest BCUT2D eigenvalue weighted by Gasteiger charge is -2.20. The van der Waals surface area contributed by atoms with Gasteiger partial charge in [0.1, 0.15) is 0 Å². The van der Waals surface area contributed by atoms with Gasteiger partial charge in [0.25, 0.3) is 0 Å². The van der Waals surface area contributed by atoms with Crippen LogP contribution >= 0.6 is 0 Å². The van der Waals surface area contributed by atoms with Gasteiger partial charge in [0, 0.05) is 6.42 Å². The van der Waals surface area contributed by atoms with E-state index in [-0.39, 0.29) is 6.42 Å². The molecule has 3 N–H and O–H groups in total. The quantitative estimate of drug-likeness (QED) is 0.611. The van der Waals surface area contributed by atoms with Crippen molar-refractivity contribution >= 4 is 0 Å². The molecule has 0 rings (SSSR count). The van der Waals surface area contributed by atoms with Crippen LogP contribution in [-0.2, 0) is 0 Å². The smallest absolute Gasteiger partial charge is 0.0824 e. The monoisotopic (exact) mass is 254 g/mol. The fraction of sp³-hybridized carbons (Fsp3) is 0.600. The summed E-state index contributed by atoms with van der Waals surface area (Å²) in [4.78, 5) is 0. The van der Waals surface area contributed by atoms with E-state index in [0.29, 0.717) is 6.42 Å². The molecule has 3 nitrogen and oxygen atoms in total. The second-order valence-electron chi connectivity index (χ2n) is 5.61. The fourth-order valence-electron chi connectivity index (χ4n) is 1.50. The van der Waals surface area contributed by atoms with Crippen LogP contribution in [-0.4, -0.2) is 32.6 Å². The maximum absolute atomic E-state index is 9.79. The first-order valence-electron chi connectivity index (χ1n) is 6.17. The number of aliphatic hydroxyl groups excluding tert-OH is 1. The Hall–Kier alpha value is -0.900. The Kier molecular flexibility index (Phi) is 6.54. The van der Waals surface area contributed by atoms with Crippen molar-refractivity contribution in [3.05, 3.63) is 36.5 Å². The van der Waals surface area contributed by atoms with Gasteiger partial charge in [0.2, 0.25) is 0 Å². The summed E-state index contributed by atoms with van der Waals surface area (Å²) in [6.45, 7) is 10.4. The van der Waals surface area contributed by atoms with Crippen LogP contribution in [0.3, 0.4) is 0 Å². The van der Waals surface area contributed by atoms with Crippen LogP contribution < -0.4 is 0 Å². The number of hydrogen-bond donors (Lipinski definition) is 3. The zero-order valence-electron chi connectivity index (χ0n) is 11.8. The summed E-state index contributed by atoms with van der Waals surface area (Å²) in [7, 11) is 0. The summed E-state index contributed by atoms with van der Waals surface area (Å²) >= 11 is 0. The predicted octanol–water partition coefficient (Wildman–Crippen LogP) is 2.34. The van der Waals surface area contributed by atoms with Crippen LogP contribution in [0.25, 0.3) is 0 Å². The van der Waals surface area contributed by atoms with Crippen molar-refractivity contribution in [2.45, 2.75) is 57.8 Å². The minimum Gasteiger partial charge on any atom is -0.389 e. The van der Waals surface area contributed by atoms with Crippen LogP contribution in [0, 0.1) is 0 Å². The van der Waals surface area contributed by atoms with Gasteiger partial charge in [-0.15, -0.1) is 6.58 Å². The molecule has 0 saturated heterocycles. The summed E-state index contributed by atoms with van der Waals surface area (Å²) in [5, 5.41) is 29.0. The van der Waals surface area contributed by atoms with Gasteiger partial charge in [0.05, 0.1) is 17.3 Å². The summed E-state index contributed by atoms with van der Waals surface area (Å²) in [6, 6.07) is 0. The topological polar surface area (TPSA) is 60.7 Å². The fourth-order valence-corrected chi connectivity index (χ4v) is 1.50. The molecule has 0 amide bonds. The molecule has 0 heterocycles. The summed E-state index contributed by atoms with van der Waals surface area (Å²) in [5.74, 6) is 0. The van der Waals surface area contributed by atoms with Crippen molar-refractivity contribution in [2.75, 3.05) is 0 Å². The highest BCUT2D eigenvalue weighted by Gasteiger charge is 2.19. The maximum Gasteiger partial charge on any atom is 0.0824 e. The number of hydrogen-bond acceptors (Lipinski definition) is 3. The van der Waals surface area contributed by atoms with E-state index in [1.165, 1.54) is 6.08 Å². The van der Waals surface area contributed by atoms with Gasteiger partial charge >= 0.3 is 0 Å². The van der Waals surface area contributed by atoms with E-state index in [9.17, 15) is 15.3 Å². The highest BCUT2D eigenvalue weighted by Crippen LogP contribution is 2.16. The third-order valence-electron chi connectivity index (χ3n) is 2.50. The minimum absolute atomic E-state index is 0.225. The van der Waals surface area contributed by atoms with E-state index in [1.807, 2.05) is 13.0 Å². The number of rotatable bonds is 7. The normalized spacial score (nSPS) is 18.7. The average molecular weight is 254 g/mol. The van der Waals surface area contributed by atoms with Crippen molar-refractivity contribution in [1.29, 1.82) is 0 Å². The molecule has 0 aliphatic rings. The molecule has 0 aromatic rings. The second-order valence-corrected chi connectivity index (χ2v) is 5.61. The molecule has 0 saturated carbocycles. The molecule has 0 aliphatic heterocycles. The van der Waals surface area contributed by atoms with E-state index in [1.54, 1.807) is 32.9 Å². The van der Waals surface area contributed by atoms with Gasteiger partial charge in [-0.2, -0.15) is 0 Å². The van der Waals surface area contributed by atoms with Gasteiger partial charge in [-0.25, -0.2) is 0 Å². The Bertz CT molecular complexity index is 319. The number of aliphatic hydroxyl groups is 3. The lowest BCUT2D eigenvalue weighted by Crippen LogP contribution is -2.26. The van der Waals surface area contributed by atoms with E-state index in [0.717, 1.165) is 5.57 Å². The highest BCUT2D eigenvalue weighted by atomic mass is 16.3. The average Bonchev–Trinajstić information content (AvgIpc) is 2.14. The van der Waals surface area contributed by atoms with Gasteiger partial charge < -0.3 is 15.3 Å². The molecule has 0 fully saturated rings.